The van der Waals surface area contributed by atoms with E-state index in [0.717, 1.165) is 22.2 Å². The maximum atomic E-state index is 12.4. The van der Waals surface area contributed by atoms with Crippen LogP contribution in [0, 0.1) is 3.57 Å². The van der Waals surface area contributed by atoms with Gasteiger partial charge in [-0.15, -0.1) is 0 Å². The third kappa shape index (κ3) is 4.41. The lowest BCUT2D eigenvalue weighted by molar-refractivity contribution is -0.130. The molecule has 1 aromatic carbocycles. The van der Waals surface area contributed by atoms with Crippen LogP contribution in [0.15, 0.2) is 24.3 Å². The first-order valence-corrected chi connectivity index (χ1v) is 8.02. The normalized spacial score (nSPS) is 15.9. The second-order valence-corrected chi connectivity index (χ2v) is 6.61. The van der Waals surface area contributed by atoms with Gasteiger partial charge in [0.2, 0.25) is 5.91 Å². The van der Waals surface area contributed by atoms with E-state index in [1.807, 2.05) is 29.2 Å². The predicted molar refractivity (Wildman–Crippen MR) is 90.2 cm³/mol. The quantitative estimate of drug-likeness (QED) is 0.714. The number of amides is 2. The molecule has 1 saturated heterocycles. The van der Waals surface area contributed by atoms with Gasteiger partial charge in [-0.2, -0.15) is 0 Å². The molecule has 0 aromatic heterocycles. The molecule has 0 spiro atoms. The first-order valence-electron chi connectivity index (χ1n) is 6.94. The van der Waals surface area contributed by atoms with E-state index in [0.29, 0.717) is 19.6 Å². The molecule has 2 rings (SSSR count). The van der Waals surface area contributed by atoms with Crippen LogP contribution in [0.5, 0.6) is 0 Å². The lowest BCUT2D eigenvalue weighted by atomic mass is 10.2. The van der Waals surface area contributed by atoms with Crippen LogP contribution in [0.4, 0.5) is 0 Å². The Kier molecular flexibility index (Phi) is 5.58. The second kappa shape index (κ2) is 7.22. The largest absolute Gasteiger partial charge is 0.348 e. The summed E-state index contributed by atoms with van der Waals surface area (Å²) in [6.45, 7) is 3.26. The van der Waals surface area contributed by atoms with Gasteiger partial charge in [-0.25, -0.2) is 0 Å². The maximum Gasteiger partial charge on any atom is 0.253 e. The lowest BCUT2D eigenvalue weighted by Gasteiger charge is -2.34. The average Bonchev–Trinajstić information content (AvgIpc) is 2.48. The molecule has 1 aliphatic heterocycles. The smallest absolute Gasteiger partial charge is 0.253 e. The van der Waals surface area contributed by atoms with Crippen molar-refractivity contribution in [2.24, 2.45) is 0 Å². The zero-order valence-corrected chi connectivity index (χ0v) is 14.5. The fourth-order valence-corrected chi connectivity index (χ4v) is 2.58. The van der Waals surface area contributed by atoms with E-state index in [4.69, 9.17) is 0 Å². The highest BCUT2D eigenvalue weighted by molar-refractivity contribution is 14.1. The Balaban J connectivity index is 1.87. The van der Waals surface area contributed by atoms with Crippen molar-refractivity contribution in [3.63, 3.8) is 0 Å². The molecule has 1 aromatic rings. The summed E-state index contributed by atoms with van der Waals surface area (Å²) in [5.74, 6) is 0.178. The van der Waals surface area contributed by atoms with Gasteiger partial charge in [0.1, 0.15) is 0 Å². The summed E-state index contributed by atoms with van der Waals surface area (Å²) in [6.07, 6.45) is 0. The van der Waals surface area contributed by atoms with Crippen molar-refractivity contribution >= 4 is 34.4 Å². The molecule has 21 heavy (non-hydrogen) atoms. The third-order valence-electron chi connectivity index (χ3n) is 3.61. The summed E-state index contributed by atoms with van der Waals surface area (Å²) in [6, 6.07) is 7.62. The van der Waals surface area contributed by atoms with Gasteiger partial charge < -0.3 is 9.80 Å². The topological polar surface area (TPSA) is 43.9 Å². The van der Waals surface area contributed by atoms with Gasteiger partial charge >= 0.3 is 0 Å². The number of rotatable bonds is 3. The van der Waals surface area contributed by atoms with E-state index >= 15 is 0 Å². The van der Waals surface area contributed by atoms with Gasteiger partial charge in [-0.05, 0) is 46.9 Å². The van der Waals surface area contributed by atoms with Crippen LogP contribution in [0.3, 0.4) is 0 Å². The zero-order chi connectivity index (χ0) is 15.4. The number of piperazine rings is 1. The Morgan fingerprint density at radius 3 is 2.19 bits per heavy atom. The summed E-state index contributed by atoms with van der Waals surface area (Å²) in [7, 11) is 3.53. The molecule has 1 fully saturated rings. The van der Waals surface area contributed by atoms with E-state index in [1.165, 1.54) is 0 Å². The molecule has 0 saturated carbocycles. The molecule has 1 aliphatic rings. The Morgan fingerprint density at radius 1 is 1.10 bits per heavy atom. The number of nitrogens with zero attached hydrogens (tertiary/aromatic N) is 3. The summed E-state index contributed by atoms with van der Waals surface area (Å²) >= 11 is 2.23. The number of carbonyl (C=O) groups excluding carboxylic acids is 2. The molecule has 0 atom stereocenters. The van der Waals surface area contributed by atoms with Crippen molar-refractivity contribution in [1.29, 1.82) is 0 Å². The van der Waals surface area contributed by atoms with Crippen LogP contribution >= 0.6 is 22.6 Å². The Labute approximate surface area is 139 Å². The highest BCUT2D eigenvalue weighted by Crippen LogP contribution is 2.11. The number of hydrogen-bond donors (Lipinski definition) is 0. The van der Waals surface area contributed by atoms with Crippen LogP contribution in [0.25, 0.3) is 0 Å². The van der Waals surface area contributed by atoms with Crippen LogP contribution in [0.1, 0.15) is 10.4 Å². The van der Waals surface area contributed by atoms with Crippen LogP contribution in [-0.2, 0) is 4.79 Å². The number of hydrogen-bond acceptors (Lipinski definition) is 3. The van der Waals surface area contributed by atoms with Crippen molar-refractivity contribution in [1.82, 2.24) is 14.7 Å². The fraction of sp³-hybridized carbons (Fsp3) is 0.467. The summed E-state index contributed by atoms with van der Waals surface area (Å²) < 4.78 is 1.12. The SMILES string of the molecule is CN(C)C(=O)CN1CCN(C(=O)c2ccc(I)cc2)CC1. The van der Waals surface area contributed by atoms with E-state index < -0.39 is 0 Å². The minimum atomic E-state index is 0.0741. The van der Waals surface area contributed by atoms with Gasteiger partial charge in [-0.1, -0.05) is 0 Å². The number of likely N-dealkylation sites (N-methyl/N-ethyl adjacent to an activating group) is 1. The molecule has 114 valence electrons. The third-order valence-corrected chi connectivity index (χ3v) is 4.33. The first kappa shape index (κ1) is 16.2. The second-order valence-electron chi connectivity index (χ2n) is 5.36. The standard InChI is InChI=1S/C15H20IN3O2/c1-17(2)14(20)11-18-7-9-19(10-8-18)15(21)12-3-5-13(16)6-4-12/h3-6H,7-11H2,1-2H3. The Bertz CT molecular complexity index is 508. The van der Waals surface area contributed by atoms with Gasteiger partial charge in [0.15, 0.2) is 0 Å². The minimum absolute atomic E-state index is 0.0741. The Morgan fingerprint density at radius 2 is 1.67 bits per heavy atom. The molecule has 0 bridgehead atoms. The predicted octanol–water partition coefficient (Wildman–Crippen LogP) is 1.14. The summed E-state index contributed by atoms with van der Waals surface area (Å²) in [5, 5.41) is 0. The van der Waals surface area contributed by atoms with Gasteiger partial charge in [0.25, 0.3) is 5.91 Å². The van der Waals surface area contributed by atoms with E-state index in [1.54, 1.807) is 19.0 Å². The molecule has 0 unspecified atom stereocenters. The maximum absolute atomic E-state index is 12.4. The molecular formula is C15H20IN3O2. The van der Waals surface area contributed by atoms with Gasteiger partial charge in [0.05, 0.1) is 6.54 Å². The highest BCUT2D eigenvalue weighted by atomic mass is 127. The molecule has 6 heteroatoms. The highest BCUT2D eigenvalue weighted by Gasteiger charge is 2.23. The fourth-order valence-electron chi connectivity index (χ4n) is 2.22. The van der Waals surface area contributed by atoms with Crippen molar-refractivity contribution < 1.29 is 9.59 Å². The molecule has 1 heterocycles. The summed E-state index contributed by atoms with van der Waals surface area (Å²) in [5.41, 5.74) is 0.730. The van der Waals surface area contributed by atoms with Crippen molar-refractivity contribution in [3.05, 3.63) is 33.4 Å². The number of benzene rings is 1. The number of carbonyl (C=O) groups is 2. The van der Waals surface area contributed by atoms with Crippen molar-refractivity contribution in [2.45, 2.75) is 0 Å². The lowest BCUT2D eigenvalue weighted by Crippen LogP contribution is -2.51. The zero-order valence-electron chi connectivity index (χ0n) is 12.4. The molecule has 5 nitrogen and oxygen atoms in total. The van der Waals surface area contributed by atoms with Gasteiger partial charge in [0, 0.05) is 49.4 Å². The molecule has 0 N–H and O–H groups in total. The molecule has 2 amide bonds. The minimum Gasteiger partial charge on any atom is -0.348 e. The van der Waals surface area contributed by atoms with E-state index in [9.17, 15) is 9.59 Å². The van der Waals surface area contributed by atoms with Gasteiger partial charge in [-0.3, -0.25) is 14.5 Å². The molecule has 0 radical (unpaired) electrons. The molecular weight excluding hydrogens is 381 g/mol. The Hall–Kier alpha value is -1.15. The van der Waals surface area contributed by atoms with Crippen LogP contribution in [0.2, 0.25) is 0 Å². The molecule has 0 aliphatic carbocycles. The monoisotopic (exact) mass is 401 g/mol. The van der Waals surface area contributed by atoms with E-state index in [2.05, 4.69) is 27.5 Å². The van der Waals surface area contributed by atoms with Crippen molar-refractivity contribution in [2.75, 3.05) is 46.8 Å². The number of halogens is 1. The van der Waals surface area contributed by atoms with Crippen LogP contribution in [-0.4, -0.2) is 73.3 Å². The summed E-state index contributed by atoms with van der Waals surface area (Å²) in [4.78, 5) is 29.6. The average molecular weight is 401 g/mol. The van der Waals surface area contributed by atoms with Crippen LogP contribution < -0.4 is 0 Å². The van der Waals surface area contributed by atoms with Crippen molar-refractivity contribution in [3.8, 4) is 0 Å². The first-order chi connectivity index (χ1) is 9.97. The van der Waals surface area contributed by atoms with E-state index in [-0.39, 0.29) is 11.8 Å².